The van der Waals surface area contributed by atoms with Gasteiger partial charge in [-0.15, -0.1) is 0 Å². The Kier molecular flexibility index (Phi) is 3.57. The summed E-state index contributed by atoms with van der Waals surface area (Å²) >= 11 is 0. The van der Waals surface area contributed by atoms with Gasteiger partial charge in [-0.3, -0.25) is 4.79 Å². The molecule has 0 N–H and O–H groups in total. The van der Waals surface area contributed by atoms with Crippen LogP contribution in [0.4, 0.5) is 0 Å². The molecule has 2 rings (SSSR count). The Labute approximate surface area is 95.4 Å². The van der Waals surface area contributed by atoms with Crippen molar-refractivity contribution in [3.05, 3.63) is 29.3 Å². The number of benzene rings is 1. The summed E-state index contributed by atoms with van der Waals surface area (Å²) < 4.78 is 11.1. The van der Waals surface area contributed by atoms with Crippen LogP contribution in [-0.4, -0.2) is 25.6 Å². The van der Waals surface area contributed by atoms with Crippen LogP contribution in [-0.2, 0) is 11.2 Å². The van der Waals surface area contributed by atoms with Gasteiger partial charge >= 0.3 is 0 Å². The van der Waals surface area contributed by atoms with E-state index in [4.69, 9.17) is 9.47 Å². The normalized spacial score (nSPS) is 17.9. The number of carbonyl (C=O) groups is 1. The van der Waals surface area contributed by atoms with Crippen molar-refractivity contribution >= 4 is 6.29 Å². The molecule has 1 atom stereocenters. The minimum absolute atomic E-state index is 0.198. The summed E-state index contributed by atoms with van der Waals surface area (Å²) in [7, 11) is 0. The number of ether oxygens (including phenoxy) is 2. The van der Waals surface area contributed by atoms with E-state index < -0.39 is 0 Å². The summed E-state index contributed by atoms with van der Waals surface area (Å²) in [6.45, 7) is 3.46. The van der Waals surface area contributed by atoms with Gasteiger partial charge in [-0.1, -0.05) is 0 Å². The maximum absolute atomic E-state index is 10.6. The number of fused-ring (bicyclic) bond motifs is 1. The molecule has 86 valence electrons. The van der Waals surface area contributed by atoms with E-state index in [0.29, 0.717) is 5.56 Å². The molecule has 0 saturated carbocycles. The molecular weight excluding hydrogens is 204 g/mol. The average molecular weight is 220 g/mol. The van der Waals surface area contributed by atoms with Gasteiger partial charge in [-0.05, 0) is 30.7 Å². The molecule has 1 aliphatic rings. The summed E-state index contributed by atoms with van der Waals surface area (Å²) in [4.78, 5) is 10.6. The summed E-state index contributed by atoms with van der Waals surface area (Å²) in [5.41, 5.74) is 1.85. The quantitative estimate of drug-likeness (QED) is 0.564. The fourth-order valence-corrected chi connectivity index (χ4v) is 1.93. The third-order valence-corrected chi connectivity index (χ3v) is 2.75. The Balaban J connectivity index is 1.95. The molecule has 1 aromatic carbocycles. The van der Waals surface area contributed by atoms with E-state index >= 15 is 0 Å². The maximum atomic E-state index is 10.6. The van der Waals surface area contributed by atoms with Crippen molar-refractivity contribution in [1.29, 1.82) is 0 Å². The number of aldehydes is 1. The largest absolute Gasteiger partial charge is 0.490 e. The minimum atomic E-state index is 0.198. The molecule has 16 heavy (non-hydrogen) atoms. The lowest BCUT2D eigenvalue weighted by Crippen LogP contribution is -2.15. The first-order chi connectivity index (χ1) is 7.83. The molecule has 0 aliphatic carbocycles. The Bertz CT molecular complexity index is 373. The van der Waals surface area contributed by atoms with Gasteiger partial charge < -0.3 is 9.47 Å². The minimum Gasteiger partial charge on any atom is -0.490 e. The van der Waals surface area contributed by atoms with Gasteiger partial charge in [-0.25, -0.2) is 0 Å². The predicted octanol–water partition coefficient (Wildman–Crippen LogP) is 2.23. The Morgan fingerprint density at radius 3 is 3.19 bits per heavy atom. The zero-order chi connectivity index (χ0) is 11.4. The highest BCUT2D eigenvalue weighted by Gasteiger charge is 2.22. The molecule has 3 nitrogen and oxygen atoms in total. The first-order valence-electron chi connectivity index (χ1n) is 5.66. The van der Waals surface area contributed by atoms with E-state index in [9.17, 15) is 4.79 Å². The van der Waals surface area contributed by atoms with Crippen molar-refractivity contribution in [2.75, 3.05) is 13.2 Å². The zero-order valence-electron chi connectivity index (χ0n) is 9.44. The fraction of sp³-hybridized carbons (Fsp3) is 0.462. The van der Waals surface area contributed by atoms with E-state index in [-0.39, 0.29) is 6.10 Å². The lowest BCUT2D eigenvalue weighted by Gasteiger charge is -2.09. The predicted molar refractivity (Wildman–Crippen MR) is 61.1 cm³/mol. The van der Waals surface area contributed by atoms with E-state index in [1.54, 1.807) is 6.07 Å². The molecule has 1 aliphatic heterocycles. The molecule has 1 heterocycles. The molecule has 0 fully saturated rings. The van der Waals surface area contributed by atoms with Crippen LogP contribution in [0, 0.1) is 0 Å². The molecule has 0 saturated heterocycles. The first-order valence-corrected chi connectivity index (χ1v) is 5.66. The van der Waals surface area contributed by atoms with Gasteiger partial charge in [0.05, 0.1) is 6.61 Å². The molecular formula is C13H16O3. The van der Waals surface area contributed by atoms with Gasteiger partial charge in [0, 0.05) is 25.0 Å². The van der Waals surface area contributed by atoms with E-state index in [1.807, 2.05) is 19.1 Å². The molecule has 0 radical (unpaired) electrons. The summed E-state index contributed by atoms with van der Waals surface area (Å²) in [6.07, 6.45) is 2.85. The second-order valence-electron chi connectivity index (χ2n) is 3.91. The van der Waals surface area contributed by atoms with Gasteiger partial charge in [0.15, 0.2) is 0 Å². The van der Waals surface area contributed by atoms with E-state index in [1.165, 1.54) is 0 Å². The number of hydrogen-bond acceptors (Lipinski definition) is 3. The van der Waals surface area contributed by atoms with Crippen molar-refractivity contribution in [3.63, 3.8) is 0 Å². The fourth-order valence-electron chi connectivity index (χ4n) is 1.93. The molecule has 0 spiro atoms. The van der Waals surface area contributed by atoms with Crippen LogP contribution in [0.2, 0.25) is 0 Å². The van der Waals surface area contributed by atoms with E-state index in [0.717, 1.165) is 43.7 Å². The average Bonchev–Trinajstić information content (AvgIpc) is 2.70. The van der Waals surface area contributed by atoms with Gasteiger partial charge in [0.1, 0.15) is 18.1 Å². The third kappa shape index (κ3) is 2.42. The SMILES string of the molecule is CCOCCC1Cc2cc(C=O)ccc2O1. The molecule has 0 amide bonds. The van der Waals surface area contributed by atoms with Crippen LogP contribution < -0.4 is 4.74 Å². The Morgan fingerprint density at radius 2 is 2.44 bits per heavy atom. The van der Waals surface area contributed by atoms with Crippen LogP contribution in [0.15, 0.2) is 18.2 Å². The molecule has 0 aromatic heterocycles. The van der Waals surface area contributed by atoms with Gasteiger partial charge in [0.2, 0.25) is 0 Å². The van der Waals surface area contributed by atoms with Crippen LogP contribution in [0.5, 0.6) is 5.75 Å². The summed E-state index contributed by atoms with van der Waals surface area (Å²) in [6, 6.07) is 5.57. The highest BCUT2D eigenvalue weighted by Crippen LogP contribution is 2.30. The van der Waals surface area contributed by atoms with Crippen LogP contribution in [0.3, 0.4) is 0 Å². The lowest BCUT2D eigenvalue weighted by molar-refractivity contribution is 0.108. The summed E-state index contributed by atoms with van der Waals surface area (Å²) in [5.74, 6) is 0.909. The van der Waals surface area contributed by atoms with Crippen molar-refractivity contribution in [3.8, 4) is 5.75 Å². The maximum Gasteiger partial charge on any atom is 0.150 e. The third-order valence-electron chi connectivity index (χ3n) is 2.75. The van der Waals surface area contributed by atoms with Gasteiger partial charge in [-0.2, -0.15) is 0 Å². The van der Waals surface area contributed by atoms with Crippen molar-refractivity contribution < 1.29 is 14.3 Å². The summed E-state index contributed by atoms with van der Waals surface area (Å²) in [5, 5.41) is 0. The second kappa shape index (κ2) is 5.12. The topological polar surface area (TPSA) is 35.5 Å². The smallest absolute Gasteiger partial charge is 0.150 e. The lowest BCUT2D eigenvalue weighted by atomic mass is 10.1. The van der Waals surface area contributed by atoms with Crippen LogP contribution >= 0.6 is 0 Å². The zero-order valence-corrected chi connectivity index (χ0v) is 9.44. The van der Waals surface area contributed by atoms with Crippen LogP contribution in [0.25, 0.3) is 0 Å². The van der Waals surface area contributed by atoms with Crippen molar-refractivity contribution in [2.45, 2.75) is 25.9 Å². The molecule has 1 unspecified atom stereocenters. The van der Waals surface area contributed by atoms with Crippen molar-refractivity contribution in [2.24, 2.45) is 0 Å². The Morgan fingerprint density at radius 1 is 1.56 bits per heavy atom. The number of hydrogen-bond donors (Lipinski definition) is 0. The number of rotatable bonds is 5. The molecule has 1 aromatic rings. The highest BCUT2D eigenvalue weighted by atomic mass is 16.5. The van der Waals surface area contributed by atoms with Crippen molar-refractivity contribution in [1.82, 2.24) is 0 Å². The van der Waals surface area contributed by atoms with E-state index in [2.05, 4.69) is 0 Å². The highest BCUT2D eigenvalue weighted by molar-refractivity contribution is 5.75. The van der Waals surface area contributed by atoms with Crippen LogP contribution in [0.1, 0.15) is 29.3 Å². The molecule has 3 heteroatoms. The monoisotopic (exact) mass is 220 g/mol. The second-order valence-corrected chi connectivity index (χ2v) is 3.91. The Hall–Kier alpha value is -1.35. The van der Waals surface area contributed by atoms with Gasteiger partial charge in [0.25, 0.3) is 0 Å². The molecule has 0 bridgehead atoms. The standard InChI is InChI=1S/C13H16O3/c1-2-15-6-5-12-8-11-7-10(9-14)3-4-13(11)16-12/h3-4,7,9,12H,2,5-6,8H2,1H3. The number of carbonyl (C=O) groups excluding carboxylic acids is 1. The first kappa shape index (κ1) is 11.1.